The molecule has 4 atom stereocenters. The third kappa shape index (κ3) is 6.62. The third-order valence-corrected chi connectivity index (χ3v) is 4.32. The van der Waals surface area contributed by atoms with Crippen molar-refractivity contribution >= 4 is 18.4 Å². The Morgan fingerprint density at radius 1 is 1.21 bits per heavy atom. The second kappa shape index (κ2) is 11.0. The number of benzene rings is 1. The molecule has 2 N–H and O–H groups in total. The Bertz CT molecular complexity index is 639. The number of carbonyl (C=O) groups is 1. The molecule has 160 valence electrons. The van der Waals surface area contributed by atoms with Crippen LogP contribution in [0.3, 0.4) is 0 Å². The molecule has 0 bridgehead atoms. The Morgan fingerprint density at radius 2 is 1.82 bits per heavy atom. The van der Waals surface area contributed by atoms with Gasteiger partial charge in [-0.2, -0.15) is 0 Å². The van der Waals surface area contributed by atoms with Crippen LogP contribution in [0.4, 0.5) is 13.2 Å². The lowest BCUT2D eigenvalue weighted by atomic mass is 9.91. The fourth-order valence-corrected chi connectivity index (χ4v) is 3.01. The molecule has 5 nitrogen and oxygen atoms in total. The monoisotopic (exact) mass is 425 g/mol. The Morgan fingerprint density at radius 3 is 2.39 bits per heavy atom. The average Bonchev–Trinajstić information content (AvgIpc) is 2.62. The summed E-state index contributed by atoms with van der Waals surface area (Å²) in [5.41, 5.74) is 5.98. The number of nitrogens with two attached hydrogens (primary N) is 1. The number of esters is 1. The molecule has 1 aliphatic heterocycles. The first kappa shape index (κ1) is 24.7. The molecule has 0 amide bonds. The Balaban J connectivity index is 0.00000392. The van der Waals surface area contributed by atoms with Gasteiger partial charge in [-0.1, -0.05) is 13.8 Å². The summed E-state index contributed by atoms with van der Waals surface area (Å²) in [6.45, 7) is 6.14. The molecule has 1 saturated heterocycles. The van der Waals surface area contributed by atoms with Gasteiger partial charge < -0.3 is 19.9 Å². The van der Waals surface area contributed by atoms with Crippen LogP contribution in [0.15, 0.2) is 12.1 Å². The zero-order chi connectivity index (χ0) is 20.1. The average molecular weight is 426 g/mol. The van der Waals surface area contributed by atoms with Gasteiger partial charge >= 0.3 is 5.97 Å². The highest BCUT2D eigenvalue weighted by molar-refractivity contribution is 5.85. The molecule has 28 heavy (non-hydrogen) atoms. The van der Waals surface area contributed by atoms with Crippen LogP contribution in [0.25, 0.3) is 0 Å². The van der Waals surface area contributed by atoms with Crippen molar-refractivity contribution in [3.05, 3.63) is 35.1 Å². The van der Waals surface area contributed by atoms with Gasteiger partial charge in [0.15, 0.2) is 17.5 Å². The molecule has 1 heterocycles. The zero-order valence-corrected chi connectivity index (χ0v) is 16.9. The Kier molecular flexibility index (Phi) is 9.69. The van der Waals surface area contributed by atoms with Crippen molar-refractivity contribution in [1.29, 1.82) is 0 Å². The van der Waals surface area contributed by atoms with Gasteiger partial charge in [0.25, 0.3) is 0 Å². The second-order valence-corrected chi connectivity index (χ2v) is 7.32. The van der Waals surface area contributed by atoms with E-state index in [1.807, 2.05) is 13.8 Å². The van der Waals surface area contributed by atoms with Crippen LogP contribution < -0.4 is 5.73 Å². The number of ether oxygens (including phenoxy) is 3. The summed E-state index contributed by atoms with van der Waals surface area (Å²) >= 11 is 0. The first-order chi connectivity index (χ1) is 12.7. The molecule has 1 aliphatic rings. The number of rotatable bonds is 5. The lowest BCUT2D eigenvalue weighted by Gasteiger charge is -2.31. The number of hydrogen-bond donors (Lipinski definition) is 1. The fraction of sp³-hybridized carbons (Fsp3) is 0.632. The summed E-state index contributed by atoms with van der Waals surface area (Å²) in [4.78, 5) is 12.0. The van der Waals surface area contributed by atoms with E-state index >= 15 is 0 Å². The molecule has 0 radical (unpaired) electrons. The summed E-state index contributed by atoms with van der Waals surface area (Å²) < 4.78 is 57.2. The van der Waals surface area contributed by atoms with Crippen LogP contribution in [-0.2, 0) is 25.4 Å². The minimum atomic E-state index is -1.51. The first-order valence-electron chi connectivity index (χ1n) is 8.97. The van der Waals surface area contributed by atoms with E-state index in [2.05, 4.69) is 0 Å². The van der Waals surface area contributed by atoms with Crippen molar-refractivity contribution < 1.29 is 32.2 Å². The lowest BCUT2D eigenvalue weighted by Crippen LogP contribution is -2.42. The quantitative estimate of drug-likeness (QED) is 0.580. The number of halogens is 4. The van der Waals surface area contributed by atoms with E-state index in [0.717, 1.165) is 12.1 Å². The standard InChI is InChI=1S/C19H26F3NO4.ClH/c1-10(2)7-26-18-11(3)27-19(24)16(23)9-25-8-13(18)4-12-5-14(20)17(22)15(21)6-12;/h5-6,10-11,13,16,18H,4,7-9,23H2,1-3H3;1H/t11-,13-,16-,18-;/m0./s1. The smallest absolute Gasteiger partial charge is 0.325 e. The fourth-order valence-electron chi connectivity index (χ4n) is 3.01. The van der Waals surface area contributed by atoms with Crippen LogP contribution in [0.1, 0.15) is 26.3 Å². The summed E-state index contributed by atoms with van der Waals surface area (Å²) in [5, 5.41) is 0. The van der Waals surface area contributed by atoms with Crippen molar-refractivity contribution in [2.75, 3.05) is 19.8 Å². The van der Waals surface area contributed by atoms with E-state index in [0.29, 0.717) is 6.61 Å². The minimum absolute atomic E-state index is 0. The molecule has 0 spiro atoms. The van der Waals surface area contributed by atoms with E-state index in [1.165, 1.54) is 0 Å². The molecule has 0 aliphatic carbocycles. The summed E-state index contributed by atoms with van der Waals surface area (Å²) in [7, 11) is 0. The van der Waals surface area contributed by atoms with E-state index in [9.17, 15) is 18.0 Å². The summed E-state index contributed by atoms with van der Waals surface area (Å²) in [5.74, 6) is -4.76. The van der Waals surface area contributed by atoms with E-state index < -0.39 is 41.7 Å². The van der Waals surface area contributed by atoms with Crippen LogP contribution >= 0.6 is 12.4 Å². The Hall–Kier alpha value is -1.35. The molecule has 0 saturated carbocycles. The molecule has 0 unspecified atom stereocenters. The Labute approximate surface area is 169 Å². The molecule has 0 aromatic heterocycles. The maximum Gasteiger partial charge on any atom is 0.325 e. The normalized spacial score (nSPS) is 26.1. The largest absolute Gasteiger partial charge is 0.459 e. The zero-order valence-electron chi connectivity index (χ0n) is 16.1. The maximum atomic E-state index is 13.6. The van der Waals surface area contributed by atoms with Gasteiger partial charge in [-0.25, -0.2) is 13.2 Å². The molecule has 1 aromatic carbocycles. The lowest BCUT2D eigenvalue weighted by molar-refractivity contribution is -0.160. The van der Waals surface area contributed by atoms with E-state index in [1.54, 1.807) is 6.92 Å². The highest BCUT2D eigenvalue weighted by Crippen LogP contribution is 2.24. The van der Waals surface area contributed by atoms with Gasteiger partial charge in [0.05, 0.1) is 19.3 Å². The number of cyclic esters (lactones) is 1. The first-order valence-corrected chi connectivity index (χ1v) is 8.97. The van der Waals surface area contributed by atoms with Crippen LogP contribution in [0.5, 0.6) is 0 Å². The summed E-state index contributed by atoms with van der Waals surface area (Å²) in [6.07, 6.45) is -1.05. The predicted octanol–water partition coefficient (Wildman–Crippen LogP) is 3.01. The van der Waals surface area contributed by atoms with Crippen LogP contribution in [0.2, 0.25) is 0 Å². The molecule has 2 rings (SSSR count). The van der Waals surface area contributed by atoms with Gasteiger partial charge in [-0.05, 0) is 37.0 Å². The highest BCUT2D eigenvalue weighted by atomic mass is 35.5. The molecular formula is C19H27ClF3NO4. The highest BCUT2D eigenvalue weighted by Gasteiger charge is 2.34. The van der Waals surface area contributed by atoms with Gasteiger partial charge in [-0.3, -0.25) is 4.79 Å². The van der Waals surface area contributed by atoms with Crippen molar-refractivity contribution in [3.63, 3.8) is 0 Å². The van der Waals surface area contributed by atoms with Crippen molar-refractivity contribution in [1.82, 2.24) is 0 Å². The van der Waals surface area contributed by atoms with Gasteiger partial charge in [0.1, 0.15) is 12.1 Å². The van der Waals surface area contributed by atoms with E-state index in [4.69, 9.17) is 19.9 Å². The number of carbonyl (C=O) groups excluding carboxylic acids is 1. The maximum absolute atomic E-state index is 13.6. The van der Waals surface area contributed by atoms with Crippen molar-refractivity contribution in [2.24, 2.45) is 17.6 Å². The van der Waals surface area contributed by atoms with Crippen molar-refractivity contribution in [3.8, 4) is 0 Å². The molecule has 1 fully saturated rings. The van der Waals surface area contributed by atoms with Crippen molar-refractivity contribution in [2.45, 2.75) is 45.4 Å². The van der Waals surface area contributed by atoms with Gasteiger partial charge in [0, 0.05) is 12.5 Å². The second-order valence-electron chi connectivity index (χ2n) is 7.32. The van der Waals surface area contributed by atoms with Gasteiger partial charge in [0.2, 0.25) is 0 Å². The van der Waals surface area contributed by atoms with Crippen LogP contribution in [-0.4, -0.2) is 44.0 Å². The summed E-state index contributed by atoms with van der Waals surface area (Å²) in [6, 6.07) is 0.984. The van der Waals surface area contributed by atoms with E-state index in [-0.39, 0.29) is 49.4 Å². The van der Waals surface area contributed by atoms with Gasteiger partial charge in [-0.15, -0.1) is 12.4 Å². The predicted molar refractivity (Wildman–Crippen MR) is 99.7 cm³/mol. The molecular weight excluding hydrogens is 399 g/mol. The van der Waals surface area contributed by atoms with Crippen LogP contribution in [0, 0.1) is 29.3 Å². The topological polar surface area (TPSA) is 70.8 Å². The third-order valence-electron chi connectivity index (χ3n) is 4.32. The molecule has 1 aromatic rings. The molecule has 9 heteroatoms. The SMILES string of the molecule is CC(C)CO[C@@H]1[C@@H](Cc2cc(F)c(F)c(F)c2)COC[C@H](N)C(=O)O[C@H]1C.Cl. The minimum Gasteiger partial charge on any atom is -0.459 e. The number of hydrogen-bond acceptors (Lipinski definition) is 5.